The summed E-state index contributed by atoms with van der Waals surface area (Å²) < 4.78 is 28.7. The molecule has 102 valence electrons. The first-order valence-corrected chi connectivity index (χ1v) is 10.2. The number of hydrogen-bond acceptors (Lipinski definition) is 3. The second-order valence-corrected chi connectivity index (χ2v) is 10.7. The molecule has 1 heterocycles. The molecule has 3 nitrogen and oxygen atoms in total. The minimum atomic E-state index is -2.72. The van der Waals surface area contributed by atoms with Crippen LogP contribution >= 0.6 is 10.9 Å². The number of rotatable bonds is 2. The van der Waals surface area contributed by atoms with Crippen LogP contribution in [0, 0.1) is 11.3 Å². The van der Waals surface area contributed by atoms with Crippen LogP contribution in [-0.2, 0) is 14.6 Å². The van der Waals surface area contributed by atoms with E-state index in [1.807, 2.05) is 7.11 Å². The van der Waals surface area contributed by atoms with E-state index in [2.05, 4.69) is 19.4 Å². The largest absolute Gasteiger partial charge is 0.369 e. The molecule has 0 radical (unpaired) electrons. The molecule has 0 aromatic heterocycles. The Morgan fingerprint density at radius 2 is 1.82 bits per heavy atom. The maximum absolute atomic E-state index is 11.4. The zero-order chi connectivity index (χ0) is 12.9. The van der Waals surface area contributed by atoms with Crippen molar-refractivity contribution in [2.24, 2.45) is 11.3 Å². The molecule has 1 saturated heterocycles. The second kappa shape index (κ2) is 4.14. The average Bonchev–Trinajstić information content (AvgIpc) is 2.19. The maximum Gasteiger partial charge on any atom is 0.151 e. The van der Waals surface area contributed by atoms with Crippen molar-refractivity contribution in [3.8, 4) is 0 Å². The lowest BCUT2D eigenvalue weighted by molar-refractivity contribution is -0.0224. The van der Waals surface area contributed by atoms with Gasteiger partial charge in [-0.3, -0.25) is 0 Å². The summed E-state index contributed by atoms with van der Waals surface area (Å²) in [7, 11) is -1.06. The molecule has 1 spiro atoms. The van der Waals surface area contributed by atoms with E-state index in [1.165, 1.54) is 0 Å². The number of thiol groups is 1. The summed E-state index contributed by atoms with van der Waals surface area (Å²) in [6.07, 6.45) is 7.60. The van der Waals surface area contributed by atoms with Crippen LogP contribution in [0.25, 0.3) is 0 Å². The summed E-state index contributed by atoms with van der Waals surface area (Å²) in [5, 5.41) is 0. The molecule has 2 atom stereocenters. The molecule has 1 saturated carbocycles. The van der Waals surface area contributed by atoms with Gasteiger partial charge >= 0.3 is 0 Å². The summed E-state index contributed by atoms with van der Waals surface area (Å²) in [6.45, 7) is 2.21. The van der Waals surface area contributed by atoms with Crippen molar-refractivity contribution in [3.63, 3.8) is 0 Å². The molecule has 2 fully saturated rings. The fourth-order valence-electron chi connectivity index (χ4n) is 3.52. The van der Waals surface area contributed by atoms with Gasteiger partial charge in [-0.1, -0.05) is 6.92 Å². The molecular weight excluding hydrogens is 256 g/mol. The Balaban J connectivity index is 2.13. The first-order valence-electron chi connectivity index (χ1n) is 6.18. The van der Waals surface area contributed by atoms with E-state index in [-0.39, 0.29) is 21.2 Å². The van der Waals surface area contributed by atoms with Crippen LogP contribution < -0.4 is 0 Å². The number of ether oxygens (including phenoxy) is 1. The molecule has 0 N–H and O–H groups in total. The topological polar surface area (TPSA) is 43.4 Å². The highest BCUT2D eigenvalue weighted by atomic mass is 32.2. The number of sulfone groups is 1. The van der Waals surface area contributed by atoms with Crippen molar-refractivity contribution in [1.29, 1.82) is 0 Å². The van der Waals surface area contributed by atoms with Crippen molar-refractivity contribution in [2.75, 3.05) is 31.1 Å². The van der Waals surface area contributed by atoms with E-state index in [1.54, 1.807) is 0 Å². The molecule has 1 aliphatic carbocycles. The van der Waals surface area contributed by atoms with Crippen LogP contribution in [0.4, 0.5) is 0 Å². The van der Waals surface area contributed by atoms with E-state index in [0.29, 0.717) is 17.4 Å². The van der Waals surface area contributed by atoms with Gasteiger partial charge in [0.05, 0.1) is 16.4 Å². The van der Waals surface area contributed by atoms with E-state index >= 15 is 0 Å². The molecule has 0 amide bonds. The average molecular weight is 280 g/mol. The van der Waals surface area contributed by atoms with Gasteiger partial charge in [0.1, 0.15) is 0 Å². The zero-order valence-electron chi connectivity index (χ0n) is 11.2. The molecular formula is C12H24O3S2. The lowest BCUT2D eigenvalue weighted by Gasteiger charge is -2.55. The van der Waals surface area contributed by atoms with Crippen LogP contribution in [0.3, 0.4) is 0 Å². The van der Waals surface area contributed by atoms with Gasteiger partial charge in [-0.2, -0.15) is 0 Å². The summed E-state index contributed by atoms with van der Waals surface area (Å²) in [4.78, 5) is 0.0271. The fourth-order valence-corrected chi connectivity index (χ4v) is 7.61. The standard InChI is InChI=1S/C12H24O3S2/c1-10-7-12(15-2,16(3)4)6-5-11(10)8-17(13,14)9-11/h10,16H,5-9H2,1-4H3. The SMILES string of the molecule is COC1([SH](C)C)CCC2(CS(=O)(=O)C2)C(C)C1. The summed E-state index contributed by atoms with van der Waals surface area (Å²) in [6, 6.07) is 0. The van der Waals surface area contributed by atoms with E-state index < -0.39 is 9.84 Å². The summed E-state index contributed by atoms with van der Waals surface area (Å²) >= 11 is 0. The maximum atomic E-state index is 11.4. The Bertz CT molecular complexity index is 390. The Hall–Kier alpha value is 0.260. The van der Waals surface area contributed by atoms with E-state index in [0.717, 1.165) is 19.3 Å². The first-order chi connectivity index (χ1) is 7.75. The van der Waals surface area contributed by atoms with E-state index in [4.69, 9.17) is 4.74 Å². The highest BCUT2D eigenvalue weighted by Gasteiger charge is 2.57. The van der Waals surface area contributed by atoms with Crippen molar-refractivity contribution < 1.29 is 13.2 Å². The number of hydrogen-bond donors (Lipinski definition) is 1. The Morgan fingerprint density at radius 3 is 2.18 bits per heavy atom. The monoisotopic (exact) mass is 280 g/mol. The van der Waals surface area contributed by atoms with Gasteiger partial charge in [0, 0.05) is 12.5 Å². The summed E-state index contributed by atoms with van der Waals surface area (Å²) in [5.41, 5.74) is 0.0756. The van der Waals surface area contributed by atoms with Crippen LogP contribution in [0.1, 0.15) is 26.2 Å². The van der Waals surface area contributed by atoms with Gasteiger partial charge in [-0.15, -0.1) is 0 Å². The molecule has 1 aliphatic heterocycles. The predicted octanol–water partition coefficient (Wildman–Crippen LogP) is 1.82. The van der Waals surface area contributed by atoms with Crippen LogP contribution in [0.15, 0.2) is 0 Å². The number of methoxy groups -OCH3 is 1. The Morgan fingerprint density at radius 1 is 1.24 bits per heavy atom. The smallest absolute Gasteiger partial charge is 0.151 e. The minimum absolute atomic E-state index is 0.0271. The molecule has 2 rings (SSSR count). The van der Waals surface area contributed by atoms with Gasteiger partial charge in [-0.05, 0) is 37.7 Å². The lowest BCUT2D eigenvalue weighted by atomic mass is 9.67. The van der Waals surface area contributed by atoms with Gasteiger partial charge in [0.2, 0.25) is 0 Å². The third kappa shape index (κ3) is 2.15. The first kappa shape index (κ1) is 13.7. The second-order valence-electron chi connectivity index (χ2n) is 6.04. The third-order valence-electron chi connectivity index (χ3n) is 4.89. The predicted molar refractivity (Wildman–Crippen MR) is 74.7 cm³/mol. The molecule has 0 bridgehead atoms. The lowest BCUT2D eigenvalue weighted by Crippen LogP contribution is -2.57. The van der Waals surface area contributed by atoms with Gasteiger partial charge < -0.3 is 4.74 Å². The van der Waals surface area contributed by atoms with Crippen molar-refractivity contribution in [3.05, 3.63) is 0 Å². The van der Waals surface area contributed by atoms with Gasteiger partial charge in [0.15, 0.2) is 9.84 Å². The molecule has 0 aromatic rings. The molecule has 0 aromatic carbocycles. The van der Waals surface area contributed by atoms with Crippen molar-refractivity contribution in [1.82, 2.24) is 0 Å². The van der Waals surface area contributed by atoms with Crippen molar-refractivity contribution in [2.45, 2.75) is 31.1 Å². The van der Waals surface area contributed by atoms with Crippen LogP contribution in [0.5, 0.6) is 0 Å². The van der Waals surface area contributed by atoms with Crippen molar-refractivity contribution >= 4 is 20.7 Å². The molecule has 17 heavy (non-hydrogen) atoms. The molecule has 2 aliphatic rings. The highest BCUT2D eigenvalue weighted by molar-refractivity contribution is 8.16. The third-order valence-corrected chi connectivity index (χ3v) is 9.14. The highest BCUT2D eigenvalue weighted by Crippen LogP contribution is 2.57. The van der Waals surface area contributed by atoms with E-state index in [9.17, 15) is 8.42 Å². The van der Waals surface area contributed by atoms with Crippen LogP contribution in [0.2, 0.25) is 0 Å². The fraction of sp³-hybridized carbons (Fsp3) is 1.00. The minimum Gasteiger partial charge on any atom is -0.369 e. The van der Waals surface area contributed by atoms with Crippen LogP contribution in [-0.4, -0.2) is 44.5 Å². The Labute approximate surface area is 108 Å². The normalized spacial score (nSPS) is 39.8. The summed E-state index contributed by atoms with van der Waals surface area (Å²) in [5.74, 6) is 1.28. The Kier molecular flexibility index (Phi) is 3.33. The van der Waals surface area contributed by atoms with Gasteiger partial charge in [0.25, 0.3) is 0 Å². The molecule has 5 heteroatoms. The quantitative estimate of drug-likeness (QED) is 0.785. The van der Waals surface area contributed by atoms with Gasteiger partial charge in [-0.25, -0.2) is 19.3 Å². The molecule has 2 unspecified atom stereocenters. The zero-order valence-corrected chi connectivity index (χ0v) is 12.9.